The molecule has 0 saturated heterocycles. The van der Waals surface area contributed by atoms with E-state index in [0.29, 0.717) is 0 Å². The van der Waals surface area contributed by atoms with Gasteiger partial charge in [0.25, 0.3) is 0 Å². The first-order valence-electron chi connectivity index (χ1n) is 8.48. The van der Waals surface area contributed by atoms with Gasteiger partial charge in [0.15, 0.2) is 0 Å². The molecule has 2 rings (SSSR count). The molecule has 0 unspecified atom stereocenters. The maximum atomic E-state index is 5.84. The number of hydrogen-bond acceptors (Lipinski definition) is 3. The maximum absolute atomic E-state index is 5.84. The van der Waals surface area contributed by atoms with Crippen LogP contribution in [0.5, 0.6) is 5.75 Å². The Morgan fingerprint density at radius 3 is 2.36 bits per heavy atom. The van der Waals surface area contributed by atoms with Gasteiger partial charge in [-0.05, 0) is 42.9 Å². The Bertz CT molecular complexity index is 544. The van der Waals surface area contributed by atoms with Gasteiger partial charge in [-0.1, -0.05) is 44.6 Å². The summed E-state index contributed by atoms with van der Waals surface area (Å²) in [7, 11) is 0. The molecule has 0 amide bonds. The van der Waals surface area contributed by atoms with Crippen LogP contribution >= 0.6 is 12.6 Å². The van der Waals surface area contributed by atoms with E-state index in [4.69, 9.17) is 4.74 Å². The van der Waals surface area contributed by atoms with Crippen molar-refractivity contribution in [1.29, 1.82) is 0 Å². The first-order valence-corrected chi connectivity index (χ1v) is 9.12. The lowest BCUT2D eigenvalue weighted by Gasteiger charge is -2.07. The summed E-state index contributed by atoms with van der Waals surface area (Å²) < 4.78 is 5.84. The molecule has 1 heterocycles. The molecule has 22 heavy (non-hydrogen) atoms. The SMILES string of the molecule is SCCCCCCCCCCOc1ccc2ncccc2c1. The van der Waals surface area contributed by atoms with Crippen LogP contribution in [-0.4, -0.2) is 17.3 Å². The molecule has 0 saturated carbocycles. The van der Waals surface area contributed by atoms with Crippen LogP contribution < -0.4 is 4.74 Å². The van der Waals surface area contributed by atoms with Crippen molar-refractivity contribution in [2.45, 2.75) is 51.4 Å². The van der Waals surface area contributed by atoms with Crippen molar-refractivity contribution in [1.82, 2.24) is 4.98 Å². The Labute approximate surface area is 139 Å². The zero-order valence-corrected chi connectivity index (χ0v) is 14.2. The van der Waals surface area contributed by atoms with E-state index in [1.165, 1.54) is 44.9 Å². The second-order valence-corrected chi connectivity index (χ2v) is 6.21. The fourth-order valence-corrected chi connectivity index (χ4v) is 2.83. The van der Waals surface area contributed by atoms with E-state index in [1.807, 2.05) is 24.4 Å². The molecule has 0 aliphatic heterocycles. The second kappa shape index (κ2) is 10.5. The summed E-state index contributed by atoms with van der Waals surface area (Å²) in [6, 6.07) is 10.1. The number of benzene rings is 1. The van der Waals surface area contributed by atoms with Crippen LogP contribution in [-0.2, 0) is 0 Å². The van der Waals surface area contributed by atoms with Gasteiger partial charge in [-0.25, -0.2) is 0 Å². The van der Waals surface area contributed by atoms with E-state index >= 15 is 0 Å². The number of ether oxygens (including phenoxy) is 1. The van der Waals surface area contributed by atoms with E-state index in [0.717, 1.165) is 35.4 Å². The quantitative estimate of drug-likeness (QED) is 0.426. The number of aromatic nitrogens is 1. The smallest absolute Gasteiger partial charge is 0.120 e. The van der Waals surface area contributed by atoms with Crippen LogP contribution in [0.1, 0.15) is 51.4 Å². The van der Waals surface area contributed by atoms with E-state index in [-0.39, 0.29) is 0 Å². The number of unbranched alkanes of at least 4 members (excludes halogenated alkanes) is 7. The third-order valence-electron chi connectivity index (χ3n) is 3.90. The highest BCUT2D eigenvalue weighted by atomic mass is 32.1. The van der Waals surface area contributed by atoms with E-state index in [9.17, 15) is 0 Å². The summed E-state index contributed by atoms with van der Waals surface area (Å²) in [4.78, 5) is 4.32. The third-order valence-corrected chi connectivity index (χ3v) is 4.21. The van der Waals surface area contributed by atoms with Gasteiger partial charge in [0.05, 0.1) is 12.1 Å². The lowest BCUT2D eigenvalue weighted by molar-refractivity contribution is 0.304. The van der Waals surface area contributed by atoms with Crippen molar-refractivity contribution in [2.24, 2.45) is 0 Å². The second-order valence-electron chi connectivity index (χ2n) is 5.76. The molecule has 0 atom stereocenters. The fourth-order valence-electron chi connectivity index (χ4n) is 2.61. The van der Waals surface area contributed by atoms with E-state index in [2.05, 4.69) is 29.7 Å². The number of fused-ring (bicyclic) bond motifs is 1. The van der Waals surface area contributed by atoms with Gasteiger partial charge in [0, 0.05) is 11.6 Å². The summed E-state index contributed by atoms with van der Waals surface area (Å²) in [6.07, 6.45) is 12.2. The molecule has 2 nitrogen and oxygen atoms in total. The molecule has 0 aliphatic rings. The van der Waals surface area contributed by atoms with Gasteiger partial charge in [0.1, 0.15) is 5.75 Å². The van der Waals surface area contributed by atoms with Crippen LogP contribution in [0.3, 0.4) is 0 Å². The number of rotatable bonds is 11. The molecule has 0 fully saturated rings. The van der Waals surface area contributed by atoms with Crippen LogP contribution in [0.4, 0.5) is 0 Å². The van der Waals surface area contributed by atoms with E-state index in [1.54, 1.807) is 0 Å². The van der Waals surface area contributed by atoms with Gasteiger partial charge in [-0.3, -0.25) is 4.98 Å². The molecule has 0 radical (unpaired) electrons. The number of pyridine rings is 1. The Morgan fingerprint density at radius 2 is 1.59 bits per heavy atom. The average molecular weight is 317 g/mol. The van der Waals surface area contributed by atoms with E-state index < -0.39 is 0 Å². The van der Waals surface area contributed by atoms with Crippen molar-refractivity contribution < 1.29 is 4.74 Å². The summed E-state index contributed by atoms with van der Waals surface area (Å²) in [6.45, 7) is 0.811. The lowest BCUT2D eigenvalue weighted by atomic mass is 10.1. The van der Waals surface area contributed by atoms with Crippen molar-refractivity contribution >= 4 is 23.5 Å². The monoisotopic (exact) mass is 317 g/mol. The van der Waals surface area contributed by atoms with Crippen LogP contribution in [0.2, 0.25) is 0 Å². The van der Waals surface area contributed by atoms with Crippen molar-refractivity contribution in [3.8, 4) is 5.75 Å². The largest absolute Gasteiger partial charge is 0.494 e. The molecule has 0 aliphatic carbocycles. The predicted molar refractivity (Wildman–Crippen MR) is 98.0 cm³/mol. The molecule has 0 N–H and O–H groups in total. The Balaban J connectivity index is 1.54. The summed E-state index contributed by atoms with van der Waals surface area (Å²) in [5, 5.41) is 1.14. The summed E-state index contributed by atoms with van der Waals surface area (Å²) in [5.41, 5.74) is 1.02. The standard InChI is InChI=1S/C19H27NOS/c22-15-8-6-4-2-1-3-5-7-14-21-18-11-12-19-17(16-18)10-9-13-20-19/h9-13,16,22H,1-8,14-15H2. The molecule has 0 bridgehead atoms. The number of hydrogen-bond donors (Lipinski definition) is 1. The zero-order chi connectivity index (χ0) is 15.5. The third kappa shape index (κ3) is 6.27. The number of nitrogens with zero attached hydrogens (tertiary/aromatic N) is 1. The molecule has 1 aromatic heterocycles. The first-order chi connectivity index (χ1) is 10.9. The molecule has 120 valence electrons. The first kappa shape index (κ1) is 17.1. The minimum atomic E-state index is 0.811. The highest BCUT2D eigenvalue weighted by Crippen LogP contribution is 2.19. The average Bonchev–Trinajstić information content (AvgIpc) is 2.56. The molecular weight excluding hydrogens is 290 g/mol. The van der Waals surface area contributed by atoms with Crippen LogP contribution in [0.15, 0.2) is 36.5 Å². The van der Waals surface area contributed by atoms with Gasteiger partial charge < -0.3 is 4.74 Å². The van der Waals surface area contributed by atoms with Crippen LogP contribution in [0.25, 0.3) is 10.9 Å². The molecule has 1 aromatic carbocycles. The Kier molecular flexibility index (Phi) is 8.18. The van der Waals surface area contributed by atoms with Gasteiger partial charge in [-0.2, -0.15) is 12.6 Å². The normalized spacial score (nSPS) is 11.0. The molecular formula is C19H27NOS. The van der Waals surface area contributed by atoms with Crippen molar-refractivity contribution in [3.05, 3.63) is 36.5 Å². The minimum Gasteiger partial charge on any atom is -0.494 e. The lowest BCUT2D eigenvalue weighted by Crippen LogP contribution is -1.97. The molecule has 3 heteroatoms. The number of thiol groups is 1. The Morgan fingerprint density at radius 1 is 0.864 bits per heavy atom. The maximum Gasteiger partial charge on any atom is 0.120 e. The fraction of sp³-hybridized carbons (Fsp3) is 0.526. The van der Waals surface area contributed by atoms with Gasteiger partial charge >= 0.3 is 0 Å². The van der Waals surface area contributed by atoms with Crippen molar-refractivity contribution in [2.75, 3.05) is 12.4 Å². The summed E-state index contributed by atoms with van der Waals surface area (Å²) >= 11 is 4.23. The van der Waals surface area contributed by atoms with Crippen LogP contribution in [0, 0.1) is 0 Å². The Hall–Kier alpha value is -1.22. The highest BCUT2D eigenvalue weighted by Gasteiger charge is 1.98. The topological polar surface area (TPSA) is 22.1 Å². The highest BCUT2D eigenvalue weighted by molar-refractivity contribution is 7.80. The van der Waals surface area contributed by atoms with Crippen molar-refractivity contribution in [3.63, 3.8) is 0 Å². The molecule has 2 aromatic rings. The molecule has 0 spiro atoms. The summed E-state index contributed by atoms with van der Waals surface area (Å²) in [5.74, 6) is 1.98. The van der Waals surface area contributed by atoms with Gasteiger partial charge in [-0.15, -0.1) is 0 Å². The zero-order valence-electron chi connectivity index (χ0n) is 13.3. The minimum absolute atomic E-state index is 0.811. The predicted octanol–water partition coefficient (Wildman–Crippen LogP) is 5.66. The van der Waals surface area contributed by atoms with Gasteiger partial charge in [0.2, 0.25) is 0 Å².